The topological polar surface area (TPSA) is 93.7 Å². The number of para-hydroxylation sites is 1. The van der Waals surface area contributed by atoms with Gasteiger partial charge in [-0.05, 0) is 19.1 Å². The Kier molecular flexibility index (Phi) is 5.75. The molecule has 0 aliphatic carbocycles. The number of nitrogens with one attached hydrogen (secondary N) is 1. The van der Waals surface area contributed by atoms with E-state index in [4.69, 9.17) is 9.47 Å². The van der Waals surface area contributed by atoms with Gasteiger partial charge in [-0.25, -0.2) is 14.8 Å². The lowest BCUT2D eigenvalue weighted by Gasteiger charge is -2.27. The number of ether oxygens (including phenoxy) is 2. The molecule has 8 heteroatoms. The molecule has 1 N–H and O–H groups in total. The molecule has 0 atom stereocenters. The minimum absolute atomic E-state index is 0.222. The fourth-order valence-electron chi connectivity index (χ4n) is 2.60. The second-order valence-corrected chi connectivity index (χ2v) is 5.58. The Labute approximate surface area is 151 Å². The maximum absolute atomic E-state index is 12.6. The zero-order valence-corrected chi connectivity index (χ0v) is 14.5. The molecule has 0 unspecified atom stereocenters. The van der Waals surface area contributed by atoms with E-state index in [0.29, 0.717) is 43.4 Å². The molecule has 0 bridgehead atoms. The van der Waals surface area contributed by atoms with Crippen LogP contribution in [0.15, 0.2) is 36.7 Å². The minimum Gasteiger partial charge on any atom is -0.462 e. The molecule has 8 nitrogen and oxygen atoms in total. The SMILES string of the molecule is CCOC(=O)c1ccccc1NC(=O)c1cc(N2CCOCC2)ncn1. The summed E-state index contributed by atoms with van der Waals surface area (Å²) in [4.78, 5) is 34.9. The number of esters is 1. The van der Waals surface area contributed by atoms with Gasteiger partial charge in [0.25, 0.3) is 5.91 Å². The molecule has 2 heterocycles. The van der Waals surface area contributed by atoms with Gasteiger partial charge in [-0.15, -0.1) is 0 Å². The first kappa shape index (κ1) is 17.8. The van der Waals surface area contributed by atoms with Gasteiger partial charge in [-0.2, -0.15) is 0 Å². The largest absolute Gasteiger partial charge is 0.462 e. The Morgan fingerprint density at radius 2 is 2.00 bits per heavy atom. The molecule has 1 aromatic carbocycles. The summed E-state index contributed by atoms with van der Waals surface area (Å²) in [7, 11) is 0. The molecule has 1 amide bonds. The van der Waals surface area contributed by atoms with Crippen LogP contribution in [0.2, 0.25) is 0 Å². The van der Waals surface area contributed by atoms with E-state index in [9.17, 15) is 9.59 Å². The van der Waals surface area contributed by atoms with Crippen LogP contribution < -0.4 is 10.2 Å². The number of morpholine rings is 1. The quantitative estimate of drug-likeness (QED) is 0.816. The third-order valence-corrected chi connectivity index (χ3v) is 3.89. The van der Waals surface area contributed by atoms with Crippen LogP contribution in [0.5, 0.6) is 0 Å². The lowest BCUT2D eigenvalue weighted by Crippen LogP contribution is -2.37. The van der Waals surface area contributed by atoms with Crippen LogP contribution in [0, 0.1) is 0 Å². The third kappa shape index (κ3) is 4.15. The molecule has 0 radical (unpaired) electrons. The average molecular weight is 356 g/mol. The molecule has 1 aliphatic rings. The van der Waals surface area contributed by atoms with Crippen molar-refractivity contribution in [1.29, 1.82) is 0 Å². The number of aromatic nitrogens is 2. The lowest BCUT2D eigenvalue weighted by atomic mass is 10.1. The summed E-state index contributed by atoms with van der Waals surface area (Å²) in [6.45, 7) is 4.66. The predicted molar refractivity (Wildman–Crippen MR) is 95.4 cm³/mol. The maximum atomic E-state index is 12.6. The minimum atomic E-state index is -0.486. The number of nitrogens with zero attached hydrogens (tertiary/aromatic N) is 3. The Bertz CT molecular complexity index is 790. The van der Waals surface area contributed by atoms with Crippen LogP contribution in [0.4, 0.5) is 11.5 Å². The highest BCUT2D eigenvalue weighted by atomic mass is 16.5. The highest BCUT2D eigenvalue weighted by Gasteiger charge is 2.18. The molecule has 3 rings (SSSR count). The fourth-order valence-corrected chi connectivity index (χ4v) is 2.60. The van der Waals surface area contributed by atoms with E-state index in [1.807, 2.05) is 4.90 Å². The van der Waals surface area contributed by atoms with E-state index in [1.54, 1.807) is 37.3 Å². The number of anilines is 2. The van der Waals surface area contributed by atoms with E-state index in [-0.39, 0.29) is 12.3 Å². The van der Waals surface area contributed by atoms with E-state index in [0.717, 1.165) is 0 Å². The number of rotatable bonds is 5. The highest BCUT2D eigenvalue weighted by molar-refractivity contribution is 6.07. The van der Waals surface area contributed by atoms with E-state index >= 15 is 0 Å². The number of carbonyl (C=O) groups is 2. The molecule has 0 saturated carbocycles. The monoisotopic (exact) mass is 356 g/mol. The van der Waals surface area contributed by atoms with Crippen molar-refractivity contribution in [1.82, 2.24) is 9.97 Å². The first-order valence-corrected chi connectivity index (χ1v) is 8.41. The molecule has 1 aromatic heterocycles. The fraction of sp³-hybridized carbons (Fsp3) is 0.333. The van der Waals surface area contributed by atoms with Crippen LogP contribution in [0.25, 0.3) is 0 Å². The van der Waals surface area contributed by atoms with Gasteiger partial charge in [-0.1, -0.05) is 12.1 Å². The number of amides is 1. The van der Waals surface area contributed by atoms with Crippen molar-refractivity contribution in [3.05, 3.63) is 47.9 Å². The summed E-state index contributed by atoms with van der Waals surface area (Å²) in [5, 5.41) is 2.72. The highest BCUT2D eigenvalue weighted by Crippen LogP contribution is 2.18. The van der Waals surface area contributed by atoms with Crippen LogP contribution >= 0.6 is 0 Å². The van der Waals surface area contributed by atoms with Gasteiger partial charge in [0, 0.05) is 19.2 Å². The lowest BCUT2D eigenvalue weighted by molar-refractivity contribution is 0.0527. The van der Waals surface area contributed by atoms with Crippen molar-refractivity contribution in [2.45, 2.75) is 6.92 Å². The molecule has 2 aromatic rings. The van der Waals surface area contributed by atoms with Gasteiger partial charge in [0.2, 0.25) is 0 Å². The second-order valence-electron chi connectivity index (χ2n) is 5.58. The molecule has 1 saturated heterocycles. The molecule has 136 valence electrons. The van der Waals surface area contributed by atoms with Crippen LogP contribution in [-0.2, 0) is 9.47 Å². The van der Waals surface area contributed by atoms with Gasteiger partial charge in [0.1, 0.15) is 17.8 Å². The Balaban J connectivity index is 1.77. The Morgan fingerprint density at radius 3 is 2.77 bits per heavy atom. The summed E-state index contributed by atoms with van der Waals surface area (Å²) in [5.74, 6) is -0.231. The van der Waals surface area contributed by atoms with Crippen molar-refractivity contribution in [2.75, 3.05) is 43.1 Å². The van der Waals surface area contributed by atoms with Crippen LogP contribution in [0.3, 0.4) is 0 Å². The zero-order chi connectivity index (χ0) is 18.4. The van der Waals surface area contributed by atoms with Gasteiger partial charge in [0.05, 0.1) is 31.1 Å². The molecular weight excluding hydrogens is 336 g/mol. The number of benzene rings is 1. The molecule has 0 spiro atoms. The van der Waals surface area contributed by atoms with Crippen molar-refractivity contribution in [2.24, 2.45) is 0 Å². The standard InChI is InChI=1S/C18H20N4O4/c1-2-26-18(24)13-5-3-4-6-14(13)21-17(23)15-11-16(20-12-19-15)22-7-9-25-10-8-22/h3-6,11-12H,2,7-10H2,1H3,(H,21,23). The van der Waals surface area contributed by atoms with Crippen molar-refractivity contribution in [3.8, 4) is 0 Å². The van der Waals surface area contributed by atoms with Crippen molar-refractivity contribution in [3.63, 3.8) is 0 Å². The summed E-state index contributed by atoms with van der Waals surface area (Å²) in [6, 6.07) is 8.33. The van der Waals surface area contributed by atoms with Crippen molar-refractivity contribution >= 4 is 23.4 Å². The smallest absolute Gasteiger partial charge is 0.340 e. The molecular formula is C18H20N4O4. The number of carbonyl (C=O) groups excluding carboxylic acids is 2. The zero-order valence-electron chi connectivity index (χ0n) is 14.5. The van der Waals surface area contributed by atoms with Crippen LogP contribution in [-0.4, -0.2) is 54.8 Å². The molecule has 26 heavy (non-hydrogen) atoms. The number of hydrogen-bond donors (Lipinski definition) is 1. The molecule has 1 aliphatic heterocycles. The normalized spacial score (nSPS) is 14.0. The summed E-state index contributed by atoms with van der Waals surface area (Å²) >= 11 is 0. The second kappa shape index (κ2) is 8.39. The first-order valence-electron chi connectivity index (χ1n) is 8.41. The summed E-state index contributed by atoms with van der Waals surface area (Å²) in [6.07, 6.45) is 1.36. The average Bonchev–Trinajstić information content (AvgIpc) is 2.69. The summed E-state index contributed by atoms with van der Waals surface area (Å²) in [5.41, 5.74) is 0.896. The van der Waals surface area contributed by atoms with E-state index in [2.05, 4.69) is 15.3 Å². The van der Waals surface area contributed by atoms with Gasteiger partial charge in [-0.3, -0.25) is 4.79 Å². The van der Waals surface area contributed by atoms with Gasteiger partial charge >= 0.3 is 5.97 Å². The third-order valence-electron chi connectivity index (χ3n) is 3.89. The van der Waals surface area contributed by atoms with Crippen LogP contribution in [0.1, 0.15) is 27.8 Å². The van der Waals surface area contributed by atoms with E-state index < -0.39 is 11.9 Å². The number of hydrogen-bond acceptors (Lipinski definition) is 7. The Morgan fingerprint density at radius 1 is 1.23 bits per heavy atom. The van der Waals surface area contributed by atoms with Gasteiger partial charge < -0.3 is 19.7 Å². The van der Waals surface area contributed by atoms with E-state index in [1.165, 1.54) is 6.33 Å². The van der Waals surface area contributed by atoms with Gasteiger partial charge in [0.15, 0.2) is 0 Å². The first-order chi connectivity index (χ1) is 12.7. The van der Waals surface area contributed by atoms with Crippen molar-refractivity contribution < 1.29 is 19.1 Å². The summed E-state index contributed by atoms with van der Waals surface area (Å²) < 4.78 is 10.3. The maximum Gasteiger partial charge on any atom is 0.340 e. The predicted octanol–water partition coefficient (Wildman–Crippen LogP) is 1.74. The Hall–Kier alpha value is -3.00. The molecule has 1 fully saturated rings.